The highest BCUT2D eigenvalue weighted by molar-refractivity contribution is 6.34. The fourth-order valence-corrected chi connectivity index (χ4v) is 7.16. The van der Waals surface area contributed by atoms with Crippen LogP contribution < -0.4 is 4.90 Å². The topological polar surface area (TPSA) is 96.4 Å². The van der Waals surface area contributed by atoms with Gasteiger partial charge >= 0.3 is 5.97 Å². The summed E-state index contributed by atoms with van der Waals surface area (Å²) in [5.74, 6) is -3.35. The lowest BCUT2D eigenvalue weighted by Gasteiger charge is -2.41. The second kappa shape index (κ2) is 10.2. The Morgan fingerprint density at radius 3 is 2.48 bits per heavy atom. The number of amides is 2. The number of ether oxygens (including phenoxy) is 2. The molecule has 2 aromatic rings. The number of likely N-dealkylation sites (tertiary alicyclic amines) is 1. The van der Waals surface area contributed by atoms with Gasteiger partial charge in [0.25, 0.3) is 5.91 Å². The van der Waals surface area contributed by atoms with E-state index in [1.165, 1.54) is 9.80 Å². The molecule has 1 unspecified atom stereocenters. The van der Waals surface area contributed by atoms with Gasteiger partial charge in [-0.25, -0.2) is 0 Å². The highest BCUT2D eigenvalue weighted by atomic mass is 35.5. The van der Waals surface area contributed by atoms with Crippen molar-refractivity contribution >= 4 is 35.1 Å². The number of para-hydroxylation sites is 1. The van der Waals surface area contributed by atoms with Gasteiger partial charge < -0.3 is 24.4 Å². The Kier molecular flexibility index (Phi) is 6.81. The van der Waals surface area contributed by atoms with Crippen LogP contribution in [0.25, 0.3) is 0 Å². The van der Waals surface area contributed by atoms with E-state index in [0.717, 1.165) is 0 Å². The van der Waals surface area contributed by atoms with Crippen LogP contribution in [0.5, 0.6) is 0 Å². The zero-order valence-corrected chi connectivity index (χ0v) is 22.9. The van der Waals surface area contributed by atoms with Crippen molar-refractivity contribution < 1.29 is 29.0 Å². The monoisotopic (exact) mass is 562 g/mol. The molecule has 4 aliphatic rings. The third-order valence-electron chi connectivity index (χ3n) is 8.68. The zero-order chi connectivity index (χ0) is 28.1. The number of nitrogens with zero attached hydrogens (tertiary/aromatic N) is 2. The van der Waals surface area contributed by atoms with Crippen molar-refractivity contribution in [3.05, 3.63) is 89.5 Å². The fourth-order valence-electron chi connectivity index (χ4n) is 6.92. The van der Waals surface area contributed by atoms with Crippen molar-refractivity contribution in [3.8, 4) is 0 Å². The number of aliphatic hydroxyl groups is 1. The molecule has 4 heterocycles. The predicted octanol–water partition coefficient (Wildman–Crippen LogP) is 3.84. The molecule has 2 amide bonds. The molecule has 1 spiro atoms. The van der Waals surface area contributed by atoms with Gasteiger partial charge in [0, 0.05) is 6.54 Å². The molecule has 2 fully saturated rings. The van der Waals surface area contributed by atoms with Gasteiger partial charge in [-0.15, -0.1) is 0 Å². The van der Waals surface area contributed by atoms with Crippen LogP contribution in [0.15, 0.2) is 78.9 Å². The summed E-state index contributed by atoms with van der Waals surface area (Å²) in [6.45, 7) is 1.87. The molecule has 2 saturated heterocycles. The number of aliphatic hydroxyl groups excluding tert-OH is 1. The number of cyclic esters (lactones) is 1. The number of hydrogen-bond acceptors (Lipinski definition) is 6. The van der Waals surface area contributed by atoms with E-state index >= 15 is 0 Å². The summed E-state index contributed by atoms with van der Waals surface area (Å²) >= 11 is 6.54. The molecule has 40 heavy (non-hydrogen) atoms. The van der Waals surface area contributed by atoms with Crippen LogP contribution in [-0.2, 0) is 23.9 Å². The standard InChI is InChI=1S/C31H31ClN2O6/c1-2-30-15-8-9-18-39-29(38)25(30)24-27(36)34(23(19-35)20-11-4-3-5-12-20)26-28(37)33(17-10-16-31(24,26)40-30)22-14-7-6-13-21(22)32/h3-8,10-16,23-26,35H,2,9,17-19H2,1H3/t23-,24+,25+,26?,30-,31+/m1/s1. The van der Waals surface area contributed by atoms with Gasteiger partial charge in [-0.1, -0.05) is 85.3 Å². The number of benzene rings is 2. The summed E-state index contributed by atoms with van der Waals surface area (Å²) < 4.78 is 12.5. The van der Waals surface area contributed by atoms with Crippen molar-refractivity contribution in [1.82, 2.24) is 4.90 Å². The SMILES string of the molecule is CC[C@@]12C=CCCOC(=O)[C@@H]1[C@H]1C(=O)N([C@H](CO)c3ccccc3)C3C(=O)N(c4ccccc4Cl)CC=C[C@@]31O2. The Morgan fingerprint density at radius 2 is 1.75 bits per heavy atom. The van der Waals surface area contributed by atoms with Gasteiger partial charge in [0.05, 0.1) is 35.9 Å². The first-order valence-corrected chi connectivity index (χ1v) is 14.0. The van der Waals surface area contributed by atoms with Gasteiger partial charge in [0.2, 0.25) is 5.91 Å². The molecule has 1 N–H and O–H groups in total. The third kappa shape index (κ3) is 3.84. The summed E-state index contributed by atoms with van der Waals surface area (Å²) in [4.78, 5) is 45.9. The van der Waals surface area contributed by atoms with Gasteiger partial charge in [-0.3, -0.25) is 14.4 Å². The summed E-state index contributed by atoms with van der Waals surface area (Å²) in [5, 5.41) is 11.0. The molecule has 0 saturated carbocycles. The highest BCUT2D eigenvalue weighted by Gasteiger charge is 2.76. The van der Waals surface area contributed by atoms with Crippen LogP contribution >= 0.6 is 11.6 Å². The number of rotatable bonds is 5. The van der Waals surface area contributed by atoms with Gasteiger partial charge in [0.1, 0.15) is 23.2 Å². The summed E-state index contributed by atoms with van der Waals surface area (Å²) in [7, 11) is 0. The maximum atomic E-state index is 14.7. The van der Waals surface area contributed by atoms with Gasteiger partial charge in [0.15, 0.2) is 0 Å². The maximum Gasteiger partial charge on any atom is 0.313 e. The van der Waals surface area contributed by atoms with Crippen LogP contribution in [-0.4, -0.2) is 64.8 Å². The Bertz CT molecular complexity index is 1400. The second-order valence-corrected chi connectivity index (χ2v) is 11.0. The molecule has 0 aliphatic carbocycles. The molecule has 4 aliphatic heterocycles. The first-order chi connectivity index (χ1) is 19.4. The van der Waals surface area contributed by atoms with Crippen LogP contribution in [0.1, 0.15) is 31.4 Å². The van der Waals surface area contributed by atoms with Crippen LogP contribution in [0.3, 0.4) is 0 Å². The first-order valence-electron chi connectivity index (χ1n) is 13.6. The summed E-state index contributed by atoms with van der Waals surface area (Å²) in [6.07, 6.45) is 8.29. The smallest absolute Gasteiger partial charge is 0.313 e. The normalized spacial score (nSPS) is 32.1. The number of carbonyl (C=O) groups excluding carboxylic acids is 3. The molecule has 0 radical (unpaired) electrons. The van der Waals surface area contributed by atoms with E-state index in [4.69, 9.17) is 21.1 Å². The van der Waals surface area contributed by atoms with Crippen molar-refractivity contribution in [2.45, 2.75) is 43.1 Å². The van der Waals surface area contributed by atoms with Gasteiger partial charge in [-0.2, -0.15) is 0 Å². The molecule has 2 aromatic carbocycles. The molecule has 9 heteroatoms. The van der Waals surface area contributed by atoms with Crippen molar-refractivity contribution in [1.29, 1.82) is 0 Å². The van der Waals surface area contributed by atoms with E-state index in [0.29, 0.717) is 29.1 Å². The van der Waals surface area contributed by atoms with E-state index in [2.05, 4.69) is 0 Å². The van der Waals surface area contributed by atoms with Crippen LogP contribution in [0.2, 0.25) is 5.02 Å². The lowest BCUT2D eigenvalue weighted by molar-refractivity contribution is -0.161. The zero-order valence-electron chi connectivity index (χ0n) is 22.1. The maximum absolute atomic E-state index is 14.7. The largest absolute Gasteiger partial charge is 0.465 e. The van der Waals surface area contributed by atoms with E-state index in [9.17, 15) is 19.5 Å². The molecule has 8 nitrogen and oxygen atoms in total. The molecular weight excluding hydrogens is 532 g/mol. The predicted molar refractivity (Wildman–Crippen MR) is 148 cm³/mol. The van der Waals surface area contributed by atoms with E-state index in [1.807, 2.05) is 49.4 Å². The second-order valence-electron chi connectivity index (χ2n) is 10.6. The minimum atomic E-state index is -1.47. The molecule has 0 bridgehead atoms. The lowest BCUT2D eigenvalue weighted by Crippen LogP contribution is -2.57. The lowest BCUT2D eigenvalue weighted by atomic mass is 9.73. The minimum Gasteiger partial charge on any atom is -0.465 e. The number of hydrogen-bond donors (Lipinski definition) is 1. The molecule has 208 valence electrons. The number of anilines is 1. The molecule has 6 rings (SSSR count). The van der Waals surface area contributed by atoms with Crippen LogP contribution in [0, 0.1) is 11.8 Å². The van der Waals surface area contributed by atoms with E-state index in [-0.39, 0.29) is 13.2 Å². The summed E-state index contributed by atoms with van der Waals surface area (Å²) in [5.41, 5.74) is -1.43. The average Bonchev–Trinajstić information content (AvgIpc) is 3.31. The third-order valence-corrected chi connectivity index (χ3v) is 9.00. The Hall–Kier alpha value is -3.46. The number of esters is 1. The summed E-state index contributed by atoms with van der Waals surface area (Å²) in [6, 6.07) is 14.1. The highest BCUT2D eigenvalue weighted by Crippen LogP contribution is 2.59. The minimum absolute atomic E-state index is 0.193. The van der Waals surface area contributed by atoms with Crippen molar-refractivity contribution in [3.63, 3.8) is 0 Å². The Labute approximate surface area is 237 Å². The van der Waals surface area contributed by atoms with Crippen LogP contribution in [0.4, 0.5) is 5.69 Å². The number of fused-ring (bicyclic) bond motifs is 2. The quantitative estimate of drug-likeness (QED) is 0.439. The Balaban J connectivity index is 1.57. The van der Waals surface area contributed by atoms with Crippen molar-refractivity contribution in [2.24, 2.45) is 11.8 Å². The van der Waals surface area contributed by atoms with Crippen molar-refractivity contribution in [2.75, 3.05) is 24.7 Å². The molecule has 0 aromatic heterocycles. The first kappa shape index (κ1) is 26.7. The molecule has 6 atom stereocenters. The van der Waals surface area contributed by atoms with Gasteiger partial charge in [-0.05, 0) is 30.5 Å². The van der Waals surface area contributed by atoms with E-state index in [1.54, 1.807) is 36.4 Å². The molecular formula is C31H31ClN2O6. The fraction of sp³-hybridized carbons (Fsp3) is 0.387. The number of halogens is 1. The Morgan fingerprint density at radius 1 is 1.00 bits per heavy atom. The van der Waals surface area contributed by atoms with E-state index < -0.39 is 59.5 Å². The number of carbonyl (C=O) groups is 3. The average molecular weight is 563 g/mol.